The number of rotatable bonds is 43. The summed E-state index contributed by atoms with van der Waals surface area (Å²) in [5.74, 6) is -5.53. The van der Waals surface area contributed by atoms with Gasteiger partial charge in [-0.15, -0.1) is 0 Å². The van der Waals surface area contributed by atoms with Crippen LogP contribution in [-0.4, -0.2) is 265 Å². The number of nitrogens with one attached hydrogen (secondary N) is 8. The third-order valence-electron chi connectivity index (χ3n) is 15.5. The fourth-order valence-electron chi connectivity index (χ4n) is 9.82. The number of hydrogen-bond acceptors (Lipinski definition) is 24. The van der Waals surface area contributed by atoms with E-state index in [1.807, 2.05) is 0 Å². The number of amides is 8. The Kier molecular flexibility index (Phi) is 37.1. The van der Waals surface area contributed by atoms with Gasteiger partial charge in [-0.3, -0.25) is 38.4 Å². The van der Waals surface area contributed by atoms with E-state index in [2.05, 4.69) is 42.5 Å². The average molecular weight is 1270 g/mol. The Morgan fingerprint density at radius 1 is 0.375 bits per heavy atom. The number of aliphatic hydroxyl groups excluding tert-OH is 9. The van der Waals surface area contributed by atoms with E-state index in [4.69, 9.17) is 33.2 Å². The molecule has 0 aromatic heterocycles. The van der Waals surface area contributed by atoms with Crippen molar-refractivity contribution < 1.29 is 117 Å². The highest BCUT2D eigenvalue weighted by Crippen LogP contribution is 2.30. The fraction of sp³-hybridized carbons (Fsp3) is 0.857. The van der Waals surface area contributed by atoms with Gasteiger partial charge < -0.3 is 122 Å². The van der Waals surface area contributed by atoms with E-state index < -0.39 is 146 Å². The molecule has 0 radical (unpaired) electrons. The molecule has 3 aliphatic rings. The van der Waals surface area contributed by atoms with Gasteiger partial charge in [0.25, 0.3) is 0 Å². The molecule has 8 amide bonds. The predicted molar refractivity (Wildman–Crippen MR) is 307 cm³/mol. The number of carbonyl (C=O) groups excluding carboxylic acids is 8. The first-order chi connectivity index (χ1) is 42.0. The van der Waals surface area contributed by atoms with Crippen LogP contribution in [0.25, 0.3) is 0 Å². The zero-order valence-electron chi connectivity index (χ0n) is 51.1. The van der Waals surface area contributed by atoms with Gasteiger partial charge in [0.2, 0.25) is 47.3 Å². The van der Waals surface area contributed by atoms with Crippen molar-refractivity contribution in [3.8, 4) is 0 Å². The van der Waals surface area contributed by atoms with E-state index in [1.165, 1.54) is 7.11 Å². The van der Waals surface area contributed by atoms with Gasteiger partial charge in [-0.05, 0) is 44.9 Å². The Hall–Kier alpha value is -4.88. The highest BCUT2D eigenvalue weighted by molar-refractivity contribution is 5.82. The molecule has 15 atom stereocenters. The minimum absolute atomic E-state index is 0.0143. The highest BCUT2D eigenvalue weighted by Gasteiger charge is 2.45. The summed E-state index contributed by atoms with van der Waals surface area (Å²) in [7, 11) is 1.54. The lowest BCUT2D eigenvalue weighted by Gasteiger charge is -2.40. The Morgan fingerprint density at radius 3 is 1.01 bits per heavy atom. The van der Waals surface area contributed by atoms with Crippen LogP contribution in [0.3, 0.4) is 0 Å². The van der Waals surface area contributed by atoms with Crippen LogP contribution in [0.1, 0.15) is 117 Å². The second-order valence-electron chi connectivity index (χ2n) is 22.4. The predicted octanol–water partition coefficient (Wildman–Crippen LogP) is -5.61. The summed E-state index contributed by atoms with van der Waals surface area (Å²) in [5.41, 5.74) is -1.37. The third kappa shape index (κ3) is 28.1. The lowest BCUT2D eigenvalue weighted by Crippen LogP contribution is -2.55. The van der Waals surface area contributed by atoms with Crippen molar-refractivity contribution in [3.05, 3.63) is 0 Å². The molecule has 0 aromatic carbocycles. The molecule has 0 spiro atoms. The van der Waals surface area contributed by atoms with Gasteiger partial charge in [0.1, 0.15) is 36.6 Å². The summed E-state index contributed by atoms with van der Waals surface area (Å²) < 4.78 is 38.4. The van der Waals surface area contributed by atoms with Crippen LogP contribution in [0.15, 0.2) is 0 Å². The molecular formula is C56H100N8O24. The normalized spacial score (nSPS) is 27.7. The molecule has 32 nitrogen and oxygen atoms in total. The molecule has 0 aliphatic carbocycles. The lowest BCUT2D eigenvalue weighted by atomic mass is 9.82. The van der Waals surface area contributed by atoms with Crippen LogP contribution in [0.4, 0.5) is 0 Å². The van der Waals surface area contributed by atoms with Crippen molar-refractivity contribution in [1.82, 2.24) is 42.5 Å². The number of hydrogen-bond donors (Lipinski definition) is 17. The first-order valence-corrected chi connectivity index (χ1v) is 30.4. The van der Waals surface area contributed by atoms with E-state index in [1.54, 1.807) is 20.8 Å². The van der Waals surface area contributed by atoms with E-state index in [9.17, 15) is 84.3 Å². The van der Waals surface area contributed by atoms with Crippen molar-refractivity contribution in [2.45, 2.75) is 196 Å². The maximum atomic E-state index is 13.8. The first-order valence-electron chi connectivity index (χ1n) is 30.4. The topological polar surface area (TPSA) is 479 Å². The van der Waals surface area contributed by atoms with Gasteiger partial charge in [-0.1, -0.05) is 20.8 Å². The molecule has 6 unspecified atom stereocenters. The largest absolute Gasteiger partial charge is 0.394 e. The molecule has 17 N–H and O–H groups in total. The minimum atomic E-state index is -1.37. The number of aliphatic hydroxyl groups is 9. The van der Waals surface area contributed by atoms with Crippen LogP contribution in [0, 0.1) is 17.8 Å². The summed E-state index contributed by atoms with van der Waals surface area (Å²) in [4.78, 5) is 105. The Morgan fingerprint density at radius 2 is 0.670 bits per heavy atom. The van der Waals surface area contributed by atoms with Gasteiger partial charge in [0.05, 0.1) is 83.9 Å². The fourth-order valence-corrected chi connectivity index (χ4v) is 9.82. The monoisotopic (exact) mass is 1270 g/mol. The molecule has 3 aliphatic heterocycles. The molecule has 88 heavy (non-hydrogen) atoms. The van der Waals surface area contributed by atoms with Gasteiger partial charge in [-0.2, -0.15) is 0 Å². The van der Waals surface area contributed by atoms with E-state index in [0.29, 0.717) is 32.4 Å². The standard InChI is InChI=1S/C56H100N8O24/c1-33-47(76)50(79)36(29-65)86-53(33)83-26-14-43(72)59-22-6-20-57-40(69)11-17-56(64-46(75)10-5-9-39(68)61-24-8-25-82-4,19-13-42(71)62-32-63-45(74)16-28-85-55-35(3)49(78)52(81)38(31-67)88-55)18-12-41(70)58-21-7-23-60-44(73)15-27-84-54-34(2)48(77)51(80)37(30-66)87-54/h33-38,47-55,65-67,76-81H,5-32H2,1-4H3,(H,57,69)(H,58,70)(H,59,72)(H,60,73)(H,61,68)(H,62,71)(H,63,74)(H,64,75)/t33?,34?,35?,36?,37?,38?,47-,48-,49-,50+,51+,52+,53-,54-,55-,56?/m1/s1. The summed E-state index contributed by atoms with van der Waals surface area (Å²) in [6.07, 6.45) is -13.8. The summed E-state index contributed by atoms with van der Waals surface area (Å²) in [5, 5.41) is 111. The zero-order valence-corrected chi connectivity index (χ0v) is 51.1. The van der Waals surface area contributed by atoms with Gasteiger partial charge >= 0.3 is 0 Å². The molecule has 3 saturated heterocycles. The maximum Gasteiger partial charge on any atom is 0.223 e. The second-order valence-corrected chi connectivity index (χ2v) is 22.4. The van der Waals surface area contributed by atoms with Crippen molar-refractivity contribution in [2.24, 2.45) is 17.8 Å². The van der Waals surface area contributed by atoms with E-state index in [-0.39, 0.29) is 147 Å². The Bertz CT molecular complexity index is 2020. The summed E-state index contributed by atoms with van der Waals surface area (Å²) >= 11 is 0. The third-order valence-corrected chi connectivity index (χ3v) is 15.5. The Balaban J connectivity index is 1.62. The molecule has 0 bridgehead atoms. The van der Waals surface area contributed by atoms with E-state index in [0.717, 1.165) is 0 Å². The van der Waals surface area contributed by atoms with Crippen LogP contribution in [-0.2, 0) is 71.5 Å². The van der Waals surface area contributed by atoms with Crippen molar-refractivity contribution in [1.29, 1.82) is 0 Å². The second kappa shape index (κ2) is 42.2. The SMILES string of the molecule is COCCCNC(=O)CCCC(=O)NC(CCC(=O)NCCCNC(=O)CCO[C@@H]1OC(CO)[C@H](O)[C@H](O)C1C)(CCC(=O)NCCCNC(=O)CCO[C@@H]1OC(CO)[C@H](O)[C@H](O)C1C)CCC(=O)NCNC(=O)CCO[C@@H]1OC(CO)[C@H](O)[C@H](O)C1C. The molecule has 0 saturated carbocycles. The summed E-state index contributed by atoms with van der Waals surface area (Å²) in [6.45, 7) is 3.82. The van der Waals surface area contributed by atoms with E-state index >= 15 is 0 Å². The van der Waals surface area contributed by atoms with Gasteiger partial charge in [0, 0.05) is 102 Å². The molecule has 3 fully saturated rings. The minimum Gasteiger partial charge on any atom is -0.394 e. The average Bonchev–Trinajstić information content (AvgIpc) is 3.00. The van der Waals surface area contributed by atoms with Crippen LogP contribution in [0.2, 0.25) is 0 Å². The number of ether oxygens (including phenoxy) is 7. The van der Waals surface area contributed by atoms with Crippen molar-refractivity contribution in [2.75, 3.05) is 92.8 Å². The van der Waals surface area contributed by atoms with Crippen LogP contribution < -0.4 is 42.5 Å². The van der Waals surface area contributed by atoms with Crippen molar-refractivity contribution >= 4 is 47.3 Å². The molecule has 0 aromatic rings. The molecule has 3 heterocycles. The quantitative estimate of drug-likeness (QED) is 0.0200. The zero-order chi connectivity index (χ0) is 65.2. The smallest absolute Gasteiger partial charge is 0.223 e. The number of carbonyl (C=O) groups is 8. The lowest BCUT2D eigenvalue weighted by molar-refractivity contribution is -0.282. The highest BCUT2D eigenvalue weighted by atomic mass is 16.7. The van der Waals surface area contributed by atoms with Crippen LogP contribution in [0.5, 0.6) is 0 Å². The molecule has 508 valence electrons. The van der Waals surface area contributed by atoms with Gasteiger partial charge in [0.15, 0.2) is 18.9 Å². The van der Waals surface area contributed by atoms with Crippen molar-refractivity contribution in [3.63, 3.8) is 0 Å². The number of methoxy groups -OCH3 is 1. The van der Waals surface area contributed by atoms with Crippen LogP contribution >= 0.6 is 0 Å². The molecule has 32 heteroatoms. The van der Waals surface area contributed by atoms with Gasteiger partial charge in [-0.25, -0.2) is 0 Å². The first kappa shape index (κ1) is 77.4. The Labute approximate surface area is 512 Å². The maximum absolute atomic E-state index is 13.8. The summed E-state index contributed by atoms with van der Waals surface area (Å²) in [6, 6.07) is 0. The molecule has 3 rings (SSSR count). The molecular weight excluding hydrogens is 1170 g/mol.